The van der Waals surface area contributed by atoms with Crippen LogP contribution in [0.4, 0.5) is 0 Å². The van der Waals surface area contributed by atoms with E-state index in [9.17, 15) is 0 Å². The number of aliphatic hydroxyl groups excluding tert-OH is 1. The summed E-state index contributed by atoms with van der Waals surface area (Å²) in [6.45, 7) is 6.17. The lowest BCUT2D eigenvalue weighted by atomic mass is 10.4. The topological polar surface area (TPSA) is 78.2 Å². The highest BCUT2D eigenvalue weighted by Gasteiger charge is 2.19. The van der Waals surface area contributed by atoms with Crippen molar-refractivity contribution in [3.8, 4) is 0 Å². The number of hydrogen-bond acceptors (Lipinski definition) is 3. The van der Waals surface area contributed by atoms with Gasteiger partial charge in [0.2, 0.25) is 0 Å². The maximum absolute atomic E-state index is 8.83. The van der Waals surface area contributed by atoms with Crippen molar-refractivity contribution < 1.29 is 9.53 Å². The molecule has 12 heavy (non-hydrogen) atoms. The number of nitrogens with zero attached hydrogens (tertiary/aromatic N) is 3. The summed E-state index contributed by atoms with van der Waals surface area (Å²) in [6, 6.07) is 0. The van der Waals surface area contributed by atoms with Gasteiger partial charge in [-0.25, -0.2) is 0 Å². The molecule has 0 spiro atoms. The van der Waals surface area contributed by atoms with Crippen LogP contribution in [0, 0.1) is 0 Å². The standard InChI is InChI=1S/C6H15N3O2Si/c1-12(2,3)11-6(5-10)4-8-9-7/h6,10H,4-5H2,1-3H3. The van der Waals surface area contributed by atoms with Crippen molar-refractivity contribution in [2.45, 2.75) is 25.7 Å². The normalized spacial score (nSPS) is 13.7. The van der Waals surface area contributed by atoms with Gasteiger partial charge in [-0.2, -0.15) is 0 Å². The Hall–Kier alpha value is -0.553. The molecule has 0 fully saturated rings. The Kier molecular flexibility index (Phi) is 4.92. The summed E-state index contributed by atoms with van der Waals surface area (Å²) in [7, 11) is -1.63. The third kappa shape index (κ3) is 6.18. The number of rotatable bonds is 5. The highest BCUT2D eigenvalue weighted by Crippen LogP contribution is 2.07. The fourth-order valence-corrected chi connectivity index (χ4v) is 1.91. The first-order valence-corrected chi connectivity index (χ1v) is 7.20. The Bertz CT molecular complexity index is 174. The van der Waals surface area contributed by atoms with E-state index < -0.39 is 8.32 Å². The molecule has 70 valence electrons. The lowest BCUT2D eigenvalue weighted by Crippen LogP contribution is -2.35. The van der Waals surface area contributed by atoms with Crippen LogP contribution in [-0.2, 0) is 4.43 Å². The van der Waals surface area contributed by atoms with Crippen LogP contribution < -0.4 is 0 Å². The molecule has 0 amide bonds. The van der Waals surface area contributed by atoms with Crippen LogP contribution >= 0.6 is 0 Å². The summed E-state index contributed by atoms with van der Waals surface area (Å²) in [6.07, 6.45) is -0.340. The van der Waals surface area contributed by atoms with E-state index in [1.807, 2.05) is 19.6 Å². The molecule has 0 rings (SSSR count). The largest absolute Gasteiger partial charge is 0.412 e. The van der Waals surface area contributed by atoms with E-state index in [-0.39, 0.29) is 19.3 Å². The highest BCUT2D eigenvalue weighted by atomic mass is 28.4. The molecule has 1 atom stereocenters. The van der Waals surface area contributed by atoms with Gasteiger partial charge in [0.1, 0.15) is 0 Å². The molecule has 0 radical (unpaired) electrons. The lowest BCUT2D eigenvalue weighted by molar-refractivity contribution is 0.116. The van der Waals surface area contributed by atoms with Crippen molar-refractivity contribution >= 4 is 8.32 Å². The minimum atomic E-state index is -1.63. The summed E-state index contributed by atoms with van der Waals surface area (Å²) in [4.78, 5) is 2.60. The van der Waals surface area contributed by atoms with Gasteiger partial charge < -0.3 is 9.53 Å². The van der Waals surface area contributed by atoms with Gasteiger partial charge >= 0.3 is 0 Å². The smallest absolute Gasteiger partial charge is 0.184 e. The van der Waals surface area contributed by atoms with Gasteiger partial charge in [-0.3, -0.25) is 0 Å². The molecular weight excluding hydrogens is 174 g/mol. The second-order valence-corrected chi connectivity index (χ2v) is 7.91. The van der Waals surface area contributed by atoms with E-state index in [0.29, 0.717) is 0 Å². The Morgan fingerprint density at radius 3 is 2.50 bits per heavy atom. The zero-order valence-corrected chi connectivity index (χ0v) is 8.69. The maximum Gasteiger partial charge on any atom is 0.184 e. The number of azide groups is 1. The molecule has 0 saturated carbocycles. The SMILES string of the molecule is C[Si](C)(C)OC(CO)CN=[N+]=[N-]. The number of hydrogen-bond donors (Lipinski definition) is 1. The van der Waals surface area contributed by atoms with E-state index in [2.05, 4.69) is 10.0 Å². The summed E-state index contributed by atoms with van der Waals surface area (Å²) in [5.74, 6) is 0. The zero-order valence-electron chi connectivity index (χ0n) is 7.69. The van der Waals surface area contributed by atoms with Crippen LogP contribution in [0.3, 0.4) is 0 Å². The summed E-state index contributed by atoms with van der Waals surface area (Å²) in [5.41, 5.74) is 8.04. The Morgan fingerprint density at radius 2 is 2.17 bits per heavy atom. The van der Waals surface area contributed by atoms with Crippen LogP contribution in [0.15, 0.2) is 5.11 Å². The van der Waals surface area contributed by atoms with E-state index in [4.69, 9.17) is 15.1 Å². The molecule has 1 unspecified atom stereocenters. The molecule has 0 aliphatic carbocycles. The van der Waals surface area contributed by atoms with E-state index in [0.717, 1.165) is 0 Å². The molecule has 0 aromatic rings. The molecule has 0 bridgehead atoms. The van der Waals surface area contributed by atoms with Gasteiger partial charge in [-0.05, 0) is 25.2 Å². The van der Waals surface area contributed by atoms with Crippen LogP contribution in [0.5, 0.6) is 0 Å². The van der Waals surface area contributed by atoms with E-state index in [1.54, 1.807) is 0 Å². The fourth-order valence-electron chi connectivity index (χ4n) is 0.760. The minimum absolute atomic E-state index is 0.0940. The van der Waals surface area contributed by atoms with Crippen molar-refractivity contribution in [2.24, 2.45) is 5.11 Å². The highest BCUT2D eigenvalue weighted by molar-refractivity contribution is 6.69. The first-order chi connectivity index (χ1) is 5.49. The van der Waals surface area contributed by atoms with Crippen molar-refractivity contribution in [1.29, 1.82) is 0 Å². The molecule has 0 aliphatic rings. The van der Waals surface area contributed by atoms with Crippen LogP contribution in [0.25, 0.3) is 10.4 Å². The molecule has 0 aromatic carbocycles. The van der Waals surface area contributed by atoms with E-state index in [1.165, 1.54) is 0 Å². The first kappa shape index (κ1) is 11.4. The fraction of sp³-hybridized carbons (Fsp3) is 1.00. The molecule has 0 aliphatic heterocycles. The maximum atomic E-state index is 8.83. The Labute approximate surface area is 73.1 Å². The summed E-state index contributed by atoms with van der Waals surface area (Å²) >= 11 is 0. The van der Waals surface area contributed by atoms with Gasteiger partial charge in [0.05, 0.1) is 19.3 Å². The van der Waals surface area contributed by atoms with Gasteiger partial charge in [0.25, 0.3) is 0 Å². The summed E-state index contributed by atoms with van der Waals surface area (Å²) < 4.78 is 5.51. The zero-order chi connectivity index (χ0) is 9.61. The van der Waals surface area contributed by atoms with Crippen LogP contribution in [-0.4, -0.2) is 32.7 Å². The molecule has 5 nitrogen and oxygen atoms in total. The molecule has 6 heteroatoms. The summed E-state index contributed by atoms with van der Waals surface area (Å²) in [5, 5.41) is 12.2. The second kappa shape index (κ2) is 5.16. The van der Waals surface area contributed by atoms with E-state index >= 15 is 0 Å². The lowest BCUT2D eigenvalue weighted by Gasteiger charge is -2.23. The van der Waals surface area contributed by atoms with Crippen molar-refractivity contribution in [3.63, 3.8) is 0 Å². The first-order valence-electron chi connectivity index (χ1n) is 3.79. The van der Waals surface area contributed by atoms with Gasteiger partial charge in [-0.1, -0.05) is 5.11 Å². The predicted octanol–water partition coefficient (Wildman–Crippen LogP) is 1.51. The predicted molar refractivity (Wildman–Crippen MR) is 49.3 cm³/mol. The minimum Gasteiger partial charge on any atom is -0.412 e. The van der Waals surface area contributed by atoms with Crippen LogP contribution in [0.1, 0.15) is 0 Å². The third-order valence-corrected chi connectivity index (χ3v) is 2.11. The van der Waals surface area contributed by atoms with Crippen molar-refractivity contribution in [2.75, 3.05) is 13.2 Å². The molecule has 0 aromatic heterocycles. The third-order valence-electron chi connectivity index (χ3n) is 1.07. The molecule has 0 heterocycles. The Morgan fingerprint density at radius 1 is 1.58 bits per heavy atom. The van der Waals surface area contributed by atoms with Crippen molar-refractivity contribution in [3.05, 3.63) is 10.4 Å². The monoisotopic (exact) mass is 189 g/mol. The average Bonchev–Trinajstić information content (AvgIpc) is 1.95. The molecular formula is C6H15N3O2Si. The quantitative estimate of drug-likeness (QED) is 0.308. The Balaban J connectivity index is 3.91. The van der Waals surface area contributed by atoms with Gasteiger partial charge in [0, 0.05) is 4.91 Å². The average molecular weight is 189 g/mol. The molecule has 0 saturated heterocycles. The molecule has 1 N–H and O–H groups in total. The second-order valence-electron chi connectivity index (χ2n) is 3.45. The van der Waals surface area contributed by atoms with Crippen LogP contribution in [0.2, 0.25) is 19.6 Å². The number of aliphatic hydroxyl groups is 1. The van der Waals surface area contributed by atoms with Gasteiger partial charge in [-0.15, -0.1) is 0 Å². The van der Waals surface area contributed by atoms with Crippen molar-refractivity contribution in [1.82, 2.24) is 0 Å². The van der Waals surface area contributed by atoms with Gasteiger partial charge in [0.15, 0.2) is 8.32 Å².